The number of aromatic nitrogens is 1. The van der Waals surface area contributed by atoms with E-state index in [-0.39, 0.29) is 5.92 Å². The molecule has 1 unspecified atom stereocenters. The standard InChI is InChI=1S/C11H13N3/c12-7-10-3-2-6-14(9-10)11-4-1-5-13-8-11/h1,4-5,8,10H,2-3,6,9H2. The summed E-state index contributed by atoms with van der Waals surface area (Å²) in [6.07, 6.45) is 5.77. The molecule has 0 saturated carbocycles. The highest BCUT2D eigenvalue weighted by Gasteiger charge is 2.19. The van der Waals surface area contributed by atoms with Crippen molar-refractivity contribution in [2.45, 2.75) is 12.8 Å². The Hall–Kier alpha value is -1.56. The van der Waals surface area contributed by atoms with Gasteiger partial charge in [0.2, 0.25) is 0 Å². The molecule has 1 aliphatic rings. The number of nitrogens with zero attached hydrogens (tertiary/aromatic N) is 3. The van der Waals surface area contributed by atoms with Gasteiger partial charge in [0.25, 0.3) is 0 Å². The van der Waals surface area contributed by atoms with Crippen molar-refractivity contribution < 1.29 is 0 Å². The zero-order chi connectivity index (χ0) is 9.80. The Kier molecular flexibility index (Phi) is 2.64. The molecule has 2 heterocycles. The van der Waals surface area contributed by atoms with Crippen molar-refractivity contribution >= 4 is 5.69 Å². The number of pyridine rings is 1. The molecule has 1 aromatic rings. The number of piperidine rings is 1. The number of nitriles is 1. The van der Waals surface area contributed by atoms with Crippen LogP contribution in [0.25, 0.3) is 0 Å². The van der Waals surface area contributed by atoms with Crippen molar-refractivity contribution in [3.63, 3.8) is 0 Å². The minimum atomic E-state index is 0.184. The van der Waals surface area contributed by atoms with E-state index in [9.17, 15) is 0 Å². The molecule has 1 aliphatic heterocycles. The third-order valence-electron chi connectivity index (χ3n) is 2.62. The van der Waals surface area contributed by atoms with E-state index in [1.807, 2.05) is 18.3 Å². The van der Waals surface area contributed by atoms with Crippen LogP contribution in [0.3, 0.4) is 0 Å². The van der Waals surface area contributed by atoms with Crippen LogP contribution in [0.2, 0.25) is 0 Å². The lowest BCUT2D eigenvalue weighted by Gasteiger charge is -2.31. The molecule has 0 aliphatic carbocycles. The van der Waals surface area contributed by atoms with Crippen LogP contribution < -0.4 is 4.90 Å². The lowest BCUT2D eigenvalue weighted by atomic mass is 9.99. The van der Waals surface area contributed by atoms with Gasteiger partial charge in [-0.2, -0.15) is 5.26 Å². The van der Waals surface area contributed by atoms with Gasteiger partial charge < -0.3 is 4.90 Å². The lowest BCUT2D eigenvalue weighted by Crippen LogP contribution is -2.34. The fourth-order valence-corrected chi connectivity index (χ4v) is 1.86. The van der Waals surface area contributed by atoms with Crippen LogP contribution in [-0.4, -0.2) is 18.1 Å². The molecule has 3 heteroatoms. The van der Waals surface area contributed by atoms with E-state index < -0.39 is 0 Å². The van der Waals surface area contributed by atoms with E-state index in [1.165, 1.54) is 0 Å². The minimum absolute atomic E-state index is 0.184. The van der Waals surface area contributed by atoms with E-state index in [0.717, 1.165) is 31.6 Å². The summed E-state index contributed by atoms with van der Waals surface area (Å²) in [5.41, 5.74) is 1.13. The number of hydrogen-bond donors (Lipinski definition) is 0. The van der Waals surface area contributed by atoms with Crippen LogP contribution in [0.4, 0.5) is 5.69 Å². The summed E-state index contributed by atoms with van der Waals surface area (Å²) in [5, 5.41) is 8.86. The van der Waals surface area contributed by atoms with Gasteiger partial charge in [-0.1, -0.05) is 0 Å². The lowest BCUT2D eigenvalue weighted by molar-refractivity contribution is 0.493. The summed E-state index contributed by atoms with van der Waals surface area (Å²) in [6, 6.07) is 6.33. The summed E-state index contributed by atoms with van der Waals surface area (Å²) >= 11 is 0. The van der Waals surface area contributed by atoms with Crippen molar-refractivity contribution in [3.05, 3.63) is 24.5 Å². The summed E-state index contributed by atoms with van der Waals surface area (Å²) in [4.78, 5) is 6.33. The zero-order valence-electron chi connectivity index (χ0n) is 8.06. The van der Waals surface area contributed by atoms with E-state index in [4.69, 9.17) is 5.26 Å². The molecule has 14 heavy (non-hydrogen) atoms. The monoisotopic (exact) mass is 187 g/mol. The Morgan fingerprint density at radius 2 is 2.50 bits per heavy atom. The van der Waals surface area contributed by atoms with Crippen LogP contribution in [-0.2, 0) is 0 Å². The van der Waals surface area contributed by atoms with Crippen LogP contribution in [0.1, 0.15) is 12.8 Å². The Morgan fingerprint density at radius 1 is 1.57 bits per heavy atom. The fourth-order valence-electron chi connectivity index (χ4n) is 1.86. The quantitative estimate of drug-likeness (QED) is 0.673. The normalized spacial score (nSPS) is 21.6. The van der Waals surface area contributed by atoms with E-state index in [0.29, 0.717) is 0 Å². The Labute approximate surface area is 84.0 Å². The zero-order valence-corrected chi connectivity index (χ0v) is 8.06. The molecule has 1 saturated heterocycles. The topological polar surface area (TPSA) is 39.9 Å². The van der Waals surface area contributed by atoms with E-state index >= 15 is 0 Å². The second-order valence-electron chi connectivity index (χ2n) is 3.63. The molecule has 72 valence electrons. The molecule has 2 rings (SSSR count). The molecular formula is C11H13N3. The van der Waals surface area contributed by atoms with Gasteiger partial charge in [-0.25, -0.2) is 0 Å². The molecule has 0 amide bonds. The van der Waals surface area contributed by atoms with Gasteiger partial charge in [-0.05, 0) is 25.0 Å². The highest BCUT2D eigenvalue weighted by atomic mass is 15.1. The largest absolute Gasteiger partial charge is 0.369 e. The molecular weight excluding hydrogens is 174 g/mol. The fraction of sp³-hybridized carbons (Fsp3) is 0.455. The van der Waals surface area contributed by atoms with Crippen LogP contribution in [0.5, 0.6) is 0 Å². The average Bonchev–Trinajstić information content (AvgIpc) is 2.30. The summed E-state index contributed by atoms with van der Waals surface area (Å²) in [6.45, 7) is 1.89. The molecule has 1 atom stereocenters. The number of anilines is 1. The number of rotatable bonds is 1. The molecule has 1 aromatic heterocycles. The molecule has 0 radical (unpaired) electrons. The SMILES string of the molecule is N#CC1CCCN(c2cccnc2)C1. The average molecular weight is 187 g/mol. The third-order valence-corrected chi connectivity index (χ3v) is 2.62. The first-order chi connectivity index (χ1) is 6.90. The molecule has 0 aromatic carbocycles. The Morgan fingerprint density at radius 3 is 3.21 bits per heavy atom. The highest BCUT2D eigenvalue weighted by Crippen LogP contribution is 2.21. The van der Waals surface area contributed by atoms with Gasteiger partial charge in [-0.3, -0.25) is 4.98 Å². The van der Waals surface area contributed by atoms with Crippen molar-refractivity contribution in [3.8, 4) is 6.07 Å². The smallest absolute Gasteiger partial charge is 0.0674 e. The van der Waals surface area contributed by atoms with Gasteiger partial charge >= 0.3 is 0 Å². The van der Waals surface area contributed by atoms with Gasteiger partial charge in [0, 0.05) is 19.3 Å². The Balaban J connectivity index is 2.09. The van der Waals surface area contributed by atoms with Gasteiger partial charge in [0.05, 0.1) is 23.9 Å². The van der Waals surface area contributed by atoms with Crippen molar-refractivity contribution in [2.75, 3.05) is 18.0 Å². The van der Waals surface area contributed by atoms with Gasteiger partial charge in [0.15, 0.2) is 0 Å². The highest BCUT2D eigenvalue weighted by molar-refractivity contribution is 5.44. The van der Waals surface area contributed by atoms with Gasteiger partial charge in [-0.15, -0.1) is 0 Å². The summed E-state index contributed by atoms with van der Waals surface area (Å²) in [7, 11) is 0. The van der Waals surface area contributed by atoms with Crippen LogP contribution in [0.15, 0.2) is 24.5 Å². The maximum absolute atomic E-state index is 8.86. The maximum atomic E-state index is 8.86. The minimum Gasteiger partial charge on any atom is -0.369 e. The molecule has 1 fully saturated rings. The predicted octanol–water partition coefficient (Wildman–Crippen LogP) is 1.82. The predicted molar refractivity (Wildman–Crippen MR) is 54.8 cm³/mol. The summed E-state index contributed by atoms with van der Waals surface area (Å²) in [5.74, 6) is 0.184. The summed E-state index contributed by atoms with van der Waals surface area (Å²) < 4.78 is 0. The first-order valence-corrected chi connectivity index (χ1v) is 4.95. The molecule has 3 nitrogen and oxygen atoms in total. The van der Waals surface area contributed by atoms with E-state index in [1.54, 1.807) is 6.20 Å². The molecule has 0 spiro atoms. The van der Waals surface area contributed by atoms with Crippen LogP contribution in [0, 0.1) is 17.2 Å². The van der Waals surface area contributed by atoms with E-state index in [2.05, 4.69) is 16.0 Å². The molecule has 0 bridgehead atoms. The third kappa shape index (κ3) is 1.85. The second-order valence-corrected chi connectivity index (χ2v) is 3.63. The van der Waals surface area contributed by atoms with Crippen molar-refractivity contribution in [1.82, 2.24) is 4.98 Å². The number of hydrogen-bond acceptors (Lipinski definition) is 3. The Bertz CT molecular complexity index is 328. The first-order valence-electron chi connectivity index (χ1n) is 4.95. The maximum Gasteiger partial charge on any atom is 0.0674 e. The van der Waals surface area contributed by atoms with Crippen LogP contribution >= 0.6 is 0 Å². The molecule has 0 N–H and O–H groups in total. The first kappa shape index (κ1) is 9.01. The van der Waals surface area contributed by atoms with Gasteiger partial charge in [0.1, 0.15) is 0 Å². The second kappa shape index (κ2) is 4.10. The van der Waals surface area contributed by atoms with Crippen molar-refractivity contribution in [2.24, 2.45) is 5.92 Å². The van der Waals surface area contributed by atoms with Crippen molar-refractivity contribution in [1.29, 1.82) is 5.26 Å².